The van der Waals surface area contributed by atoms with E-state index in [0.29, 0.717) is 27.3 Å². The highest BCUT2D eigenvalue weighted by Gasteiger charge is 2.23. The largest absolute Gasteiger partial charge is 0.478 e. The average Bonchev–Trinajstić information content (AvgIpc) is 3.09. The summed E-state index contributed by atoms with van der Waals surface area (Å²) in [6.45, 7) is 0. The highest BCUT2D eigenvalue weighted by Crippen LogP contribution is 2.33. The monoisotopic (exact) mass is 324 g/mol. The molecule has 110 valence electrons. The van der Waals surface area contributed by atoms with Crippen molar-refractivity contribution in [3.63, 3.8) is 0 Å². The van der Waals surface area contributed by atoms with Gasteiger partial charge in [0.05, 0.1) is 16.1 Å². The van der Waals surface area contributed by atoms with Crippen LogP contribution in [0, 0.1) is 0 Å². The summed E-state index contributed by atoms with van der Waals surface area (Å²) in [6.07, 6.45) is 6.03. The second kappa shape index (κ2) is 5.70. The van der Waals surface area contributed by atoms with Crippen molar-refractivity contribution in [2.45, 2.75) is 31.7 Å². The number of carboxylic acid groups (broad SMARTS) is 1. The van der Waals surface area contributed by atoms with Crippen LogP contribution in [0.2, 0.25) is 10.0 Å². The average molecular weight is 325 g/mol. The molecule has 3 rings (SSSR count). The standard InChI is InChI=1S/C15H14Cl2N2O2/c16-12-6-5-9(7-13(12)17)14-11(15(20)21)8-19(18-14)10-3-1-2-4-10/h5-8,10H,1-4H2,(H,20,21). The Balaban J connectivity index is 2.07. The van der Waals surface area contributed by atoms with Gasteiger partial charge in [0, 0.05) is 11.8 Å². The third-order valence-electron chi connectivity index (χ3n) is 3.85. The normalized spacial score (nSPS) is 15.5. The van der Waals surface area contributed by atoms with Crippen LogP contribution in [0.3, 0.4) is 0 Å². The van der Waals surface area contributed by atoms with Crippen LogP contribution in [0.1, 0.15) is 42.1 Å². The van der Waals surface area contributed by atoms with Crippen molar-refractivity contribution in [2.24, 2.45) is 0 Å². The molecule has 21 heavy (non-hydrogen) atoms. The lowest BCUT2D eigenvalue weighted by atomic mass is 10.1. The van der Waals surface area contributed by atoms with E-state index in [0.717, 1.165) is 25.7 Å². The van der Waals surface area contributed by atoms with Crippen LogP contribution < -0.4 is 0 Å². The van der Waals surface area contributed by atoms with E-state index in [2.05, 4.69) is 5.10 Å². The molecule has 1 heterocycles. The number of halogens is 2. The molecule has 1 aromatic carbocycles. The van der Waals surface area contributed by atoms with Crippen molar-refractivity contribution in [1.82, 2.24) is 9.78 Å². The van der Waals surface area contributed by atoms with E-state index in [-0.39, 0.29) is 5.56 Å². The number of nitrogens with zero attached hydrogens (tertiary/aromatic N) is 2. The molecule has 1 aliphatic carbocycles. The van der Waals surface area contributed by atoms with Crippen LogP contribution in [-0.4, -0.2) is 20.9 Å². The predicted octanol–water partition coefficient (Wildman–Crippen LogP) is 4.67. The highest BCUT2D eigenvalue weighted by atomic mass is 35.5. The van der Waals surface area contributed by atoms with Crippen LogP contribution in [-0.2, 0) is 0 Å². The Labute approximate surface area is 132 Å². The molecule has 0 unspecified atom stereocenters. The molecule has 1 fully saturated rings. The van der Waals surface area contributed by atoms with Crippen molar-refractivity contribution >= 4 is 29.2 Å². The van der Waals surface area contributed by atoms with Gasteiger partial charge in [0.25, 0.3) is 0 Å². The number of aromatic nitrogens is 2. The quantitative estimate of drug-likeness (QED) is 0.892. The van der Waals surface area contributed by atoms with E-state index in [1.165, 1.54) is 0 Å². The number of carboxylic acids is 1. The van der Waals surface area contributed by atoms with E-state index in [9.17, 15) is 9.90 Å². The van der Waals surface area contributed by atoms with Gasteiger partial charge >= 0.3 is 5.97 Å². The molecular weight excluding hydrogens is 311 g/mol. The molecular formula is C15H14Cl2N2O2. The van der Waals surface area contributed by atoms with Gasteiger partial charge in [-0.15, -0.1) is 0 Å². The summed E-state index contributed by atoms with van der Waals surface area (Å²) in [4.78, 5) is 11.5. The molecule has 1 saturated carbocycles. The minimum atomic E-state index is -0.986. The first-order chi connectivity index (χ1) is 10.1. The number of benzene rings is 1. The van der Waals surface area contributed by atoms with Crippen molar-refractivity contribution in [3.05, 3.63) is 40.0 Å². The van der Waals surface area contributed by atoms with Crippen LogP contribution in [0.15, 0.2) is 24.4 Å². The zero-order valence-electron chi connectivity index (χ0n) is 11.2. The summed E-state index contributed by atoms with van der Waals surface area (Å²) < 4.78 is 1.79. The van der Waals surface area contributed by atoms with Gasteiger partial charge in [0.2, 0.25) is 0 Å². The van der Waals surface area contributed by atoms with E-state index in [4.69, 9.17) is 23.2 Å². The maximum absolute atomic E-state index is 11.5. The summed E-state index contributed by atoms with van der Waals surface area (Å²) in [5.41, 5.74) is 1.30. The summed E-state index contributed by atoms with van der Waals surface area (Å²) in [6, 6.07) is 5.33. The molecule has 1 aliphatic rings. The molecule has 6 heteroatoms. The van der Waals surface area contributed by atoms with Crippen LogP contribution in [0.25, 0.3) is 11.3 Å². The van der Waals surface area contributed by atoms with Gasteiger partial charge in [-0.05, 0) is 25.0 Å². The zero-order chi connectivity index (χ0) is 15.0. The molecule has 0 aliphatic heterocycles. The molecule has 1 aromatic heterocycles. The van der Waals surface area contributed by atoms with E-state index < -0.39 is 5.97 Å². The predicted molar refractivity (Wildman–Crippen MR) is 82.1 cm³/mol. The van der Waals surface area contributed by atoms with Gasteiger partial charge in [-0.1, -0.05) is 42.1 Å². The van der Waals surface area contributed by atoms with Gasteiger partial charge in [-0.3, -0.25) is 4.68 Å². The third-order valence-corrected chi connectivity index (χ3v) is 4.59. The second-order valence-corrected chi connectivity index (χ2v) is 6.06. The molecule has 2 aromatic rings. The minimum Gasteiger partial charge on any atom is -0.478 e. The number of hydrogen-bond acceptors (Lipinski definition) is 2. The van der Waals surface area contributed by atoms with Crippen molar-refractivity contribution in [2.75, 3.05) is 0 Å². The van der Waals surface area contributed by atoms with E-state index in [1.807, 2.05) is 0 Å². The molecule has 0 radical (unpaired) electrons. The second-order valence-electron chi connectivity index (χ2n) is 5.24. The Morgan fingerprint density at radius 3 is 2.57 bits per heavy atom. The molecule has 0 bridgehead atoms. The Morgan fingerprint density at radius 2 is 1.95 bits per heavy atom. The maximum Gasteiger partial charge on any atom is 0.339 e. The Kier molecular flexibility index (Phi) is 3.91. The fourth-order valence-electron chi connectivity index (χ4n) is 2.76. The first kappa shape index (κ1) is 14.4. The summed E-state index contributed by atoms with van der Waals surface area (Å²) in [5.74, 6) is -0.986. The van der Waals surface area contributed by atoms with E-state index >= 15 is 0 Å². The molecule has 0 atom stereocenters. The fraction of sp³-hybridized carbons (Fsp3) is 0.333. The van der Waals surface area contributed by atoms with Gasteiger partial charge in [0.15, 0.2) is 0 Å². The van der Waals surface area contributed by atoms with Gasteiger partial charge in [0.1, 0.15) is 11.3 Å². The Morgan fingerprint density at radius 1 is 1.24 bits per heavy atom. The maximum atomic E-state index is 11.5. The summed E-state index contributed by atoms with van der Waals surface area (Å²) in [5, 5.41) is 14.7. The van der Waals surface area contributed by atoms with Crippen molar-refractivity contribution in [1.29, 1.82) is 0 Å². The number of carbonyl (C=O) groups is 1. The number of rotatable bonds is 3. The lowest BCUT2D eigenvalue weighted by Gasteiger charge is -2.08. The van der Waals surface area contributed by atoms with Crippen LogP contribution in [0.5, 0.6) is 0 Å². The Hall–Kier alpha value is -1.52. The summed E-state index contributed by atoms with van der Waals surface area (Å²) >= 11 is 11.9. The Bertz CT molecular complexity index is 691. The molecule has 0 spiro atoms. The fourth-order valence-corrected chi connectivity index (χ4v) is 3.06. The third kappa shape index (κ3) is 2.78. The zero-order valence-corrected chi connectivity index (χ0v) is 12.7. The van der Waals surface area contributed by atoms with Crippen LogP contribution in [0.4, 0.5) is 0 Å². The molecule has 0 saturated heterocycles. The highest BCUT2D eigenvalue weighted by molar-refractivity contribution is 6.42. The van der Waals surface area contributed by atoms with Gasteiger partial charge < -0.3 is 5.11 Å². The molecule has 0 amide bonds. The van der Waals surface area contributed by atoms with Crippen molar-refractivity contribution < 1.29 is 9.90 Å². The molecule has 1 N–H and O–H groups in total. The number of hydrogen-bond donors (Lipinski definition) is 1. The smallest absolute Gasteiger partial charge is 0.339 e. The first-order valence-corrected chi connectivity index (χ1v) is 7.59. The van der Waals surface area contributed by atoms with E-state index in [1.54, 1.807) is 29.1 Å². The minimum absolute atomic E-state index is 0.195. The van der Waals surface area contributed by atoms with Crippen molar-refractivity contribution in [3.8, 4) is 11.3 Å². The first-order valence-electron chi connectivity index (χ1n) is 6.84. The van der Waals surface area contributed by atoms with Gasteiger partial charge in [-0.25, -0.2) is 4.79 Å². The van der Waals surface area contributed by atoms with Gasteiger partial charge in [-0.2, -0.15) is 5.10 Å². The number of aromatic carboxylic acids is 1. The lowest BCUT2D eigenvalue weighted by molar-refractivity contribution is 0.0697. The summed E-state index contributed by atoms with van der Waals surface area (Å²) in [7, 11) is 0. The SMILES string of the molecule is O=C(O)c1cn(C2CCCC2)nc1-c1ccc(Cl)c(Cl)c1. The van der Waals surface area contributed by atoms with Crippen LogP contribution >= 0.6 is 23.2 Å². The topological polar surface area (TPSA) is 55.1 Å². The lowest BCUT2D eigenvalue weighted by Crippen LogP contribution is -2.05. The molecule has 4 nitrogen and oxygen atoms in total.